The zero-order valence-corrected chi connectivity index (χ0v) is 10.7. The van der Waals surface area contributed by atoms with E-state index in [1.54, 1.807) is 0 Å². The van der Waals surface area contributed by atoms with Crippen molar-refractivity contribution in [1.82, 2.24) is 10.3 Å². The third-order valence-corrected chi connectivity index (χ3v) is 2.82. The molecule has 2 aromatic rings. The van der Waals surface area contributed by atoms with E-state index in [1.807, 2.05) is 0 Å². The number of benzene rings is 1. The summed E-state index contributed by atoms with van der Waals surface area (Å²) in [6.07, 6.45) is -3.71. The van der Waals surface area contributed by atoms with E-state index in [9.17, 15) is 22.0 Å². The minimum Gasteiger partial charge on any atom is -0.307 e. The zero-order valence-electron chi connectivity index (χ0n) is 10.7. The molecule has 0 spiro atoms. The fourth-order valence-electron chi connectivity index (χ4n) is 1.71. The van der Waals surface area contributed by atoms with Crippen molar-refractivity contribution < 1.29 is 22.0 Å². The molecule has 0 atom stereocenters. The molecular weight excluding hydrogens is 291 g/mol. The molecule has 0 radical (unpaired) electrons. The molecule has 1 N–H and O–H groups in total. The molecule has 0 bridgehead atoms. The fourth-order valence-corrected chi connectivity index (χ4v) is 1.71. The van der Waals surface area contributed by atoms with Crippen molar-refractivity contribution in [2.45, 2.75) is 19.3 Å². The number of hydrogen-bond acceptors (Lipinski definition) is 2. The third kappa shape index (κ3) is 3.98. The smallest absolute Gasteiger partial charge is 0.307 e. The van der Waals surface area contributed by atoms with Gasteiger partial charge in [-0.1, -0.05) is 6.07 Å². The van der Waals surface area contributed by atoms with Gasteiger partial charge in [0.15, 0.2) is 0 Å². The lowest BCUT2D eigenvalue weighted by Gasteiger charge is -2.08. The molecular formula is C14H11F5N2. The maximum Gasteiger partial charge on any atom is 0.417 e. The molecule has 0 unspecified atom stereocenters. The Balaban J connectivity index is 1.95. The van der Waals surface area contributed by atoms with Gasteiger partial charge < -0.3 is 5.32 Å². The average Bonchev–Trinajstić information content (AvgIpc) is 2.42. The quantitative estimate of drug-likeness (QED) is 0.872. The van der Waals surface area contributed by atoms with E-state index >= 15 is 0 Å². The van der Waals surface area contributed by atoms with Gasteiger partial charge in [-0.3, -0.25) is 4.98 Å². The van der Waals surface area contributed by atoms with Crippen molar-refractivity contribution in [2.75, 3.05) is 0 Å². The van der Waals surface area contributed by atoms with Gasteiger partial charge in [0.1, 0.15) is 11.6 Å². The Kier molecular flexibility index (Phi) is 4.52. The maximum absolute atomic E-state index is 13.3. The topological polar surface area (TPSA) is 24.9 Å². The first-order chi connectivity index (χ1) is 9.88. The van der Waals surface area contributed by atoms with Crippen molar-refractivity contribution in [1.29, 1.82) is 0 Å². The van der Waals surface area contributed by atoms with Crippen molar-refractivity contribution >= 4 is 0 Å². The van der Waals surface area contributed by atoms with Crippen LogP contribution in [0, 0.1) is 11.6 Å². The Labute approximate surface area is 117 Å². The van der Waals surface area contributed by atoms with Gasteiger partial charge in [0.25, 0.3) is 0 Å². The van der Waals surface area contributed by atoms with E-state index in [2.05, 4.69) is 10.3 Å². The molecule has 21 heavy (non-hydrogen) atoms. The van der Waals surface area contributed by atoms with Gasteiger partial charge >= 0.3 is 6.18 Å². The van der Waals surface area contributed by atoms with Gasteiger partial charge in [0, 0.05) is 24.8 Å². The predicted molar refractivity (Wildman–Crippen MR) is 66.1 cm³/mol. The normalized spacial score (nSPS) is 11.7. The van der Waals surface area contributed by atoms with Crippen LogP contribution in [0.2, 0.25) is 0 Å². The Morgan fingerprint density at radius 1 is 0.952 bits per heavy atom. The van der Waals surface area contributed by atoms with Gasteiger partial charge in [0.05, 0.1) is 11.3 Å². The SMILES string of the molecule is Fc1cccc(F)c1CNCc1ccc(C(F)(F)F)cn1. The summed E-state index contributed by atoms with van der Waals surface area (Å²) in [4.78, 5) is 3.65. The van der Waals surface area contributed by atoms with E-state index in [0.29, 0.717) is 5.69 Å². The summed E-state index contributed by atoms with van der Waals surface area (Å²) >= 11 is 0. The molecule has 1 aromatic heterocycles. The lowest BCUT2D eigenvalue weighted by Crippen LogP contribution is -2.16. The first kappa shape index (κ1) is 15.4. The molecule has 0 saturated carbocycles. The monoisotopic (exact) mass is 302 g/mol. The summed E-state index contributed by atoms with van der Waals surface area (Å²) in [6.45, 7) is 0.0210. The first-order valence-corrected chi connectivity index (χ1v) is 6.03. The number of alkyl halides is 3. The van der Waals surface area contributed by atoms with Crippen LogP contribution in [-0.2, 0) is 19.3 Å². The molecule has 112 valence electrons. The molecule has 0 aliphatic heterocycles. The van der Waals surface area contributed by atoms with Crippen LogP contribution in [0.25, 0.3) is 0 Å². The van der Waals surface area contributed by atoms with Crippen LogP contribution >= 0.6 is 0 Å². The number of rotatable bonds is 4. The van der Waals surface area contributed by atoms with E-state index < -0.39 is 23.4 Å². The standard InChI is InChI=1S/C14H11F5N2/c15-12-2-1-3-13(16)11(12)8-20-7-10-5-4-9(6-21-10)14(17,18)19/h1-6,20H,7-8H2. The Morgan fingerprint density at radius 2 is 1.62 bits per heavy atom. The second-order valence-electron chi connectivity index (χ2n) is 4.34. The van der Waals surface area contributed by atoms with Gasteiger partial charge in [-0.2, -0.15) is 13.2 Å². The lowest BCUT2D eigenvalue weighted by molar-refractivity contribution is -0.137. The average molecular weight is 302 g/mol. The number of hydrogen-bond donors (Lipinski definition) is 1. The van der Waals surface area contributed by atoms with E-state index in [-0.39, 0.29) is 18.7 Å². The molecule has 0 fully saturated rings. The fraction of sp³-hybridized carbons (Fsp3) is 0.214. The van der Waals surface area contributed by atoms with Crippen LogP contribution < -0.4 is 5.32 Å². The number of nitrogens with zero attached hydrogens (tertiary/aromatic N) is 1. The van der Waals surface area contributed by atoms with E-state index in [4.69, 9.17) is 0 Å². The summed E-state index contributed by atoms with van der Waals surface area (Å²) in [7, 11) is 0. The third-order valence-electron chi connectivity index (χ3n) is 2.82. The van der Waals surface area contributed by atoms with Crippen LogP contribution in [0.1, 0.15) is 16.8 Å². The molecule has 0 amide bonds. The first-order valence-electron chi connectivity index (χ1n) is 6.03. The highest BCUT2D eigenvalue weighted by atomic mass is 19.4. The number of aromatic nitrogens is 1. The highest BCUT2D eigenvalue weighted by Crippen LogP contribution is 2.28. The van der Waals surface area contributed by atoms with Crippen molar-refractivity contribution in [2.24, 2.45) is 0 Å². The maximum atomic E-state index is 13.3. The van der Waals surface area contributed by atoms with Crippen LogP contribution in [0.4, 0.5) is 22.0 Å². The van der Waals surface area contributed by atoms with E-state index in [1.165, 1.54) is 12.1 Å². The summed E-state index contributed by atoms with van der Waals surface area (Å²) in [6, 6.07) is 5.65. The number of halogens is 5. The van der Waals surface area contributed by atoms with Crippen LogP contribution in [0.5, 0.6) is 0 Å². The summed E-state index contributed by atoms with van der Waals surface area (Å²) in [5, 5.41) is 2.73. The Morgan fingerprint density at radius 3 is 2.14 bits per heavy atom. The molecule has 0 aliphatic carbocycles. The van der Waals surface area contributed by atoms with Crippen LogP contribution in [0.15, 0.2) is 36.5 Å². The molecule has 1 heterocycles. The van der Waals surface area contributed by atoms with Gasteiger partial charge in [-0.05, 0) is 24.3 Å². The second kappa shape index (κ2) is 6.17. The van der Waals surface area contributed by atoms with Gasteiger partial charge in [-0.25, -0.2) is 8.78 Å². The van der Waals surface area contributed by atoms with Gasteiger partial charge in [0.2, 0.25) is 0 Å². The minimum absolute atomic E-state index is 0.0821. The highest BCUT2D eigenvalue weighted by Gasteiger charge is 2.30. The molecule has 7 heteroatoms. The number of pyridine rings is 1. The van der Waals surface area contributed by atoms with Crippen molar-refractivity contribution in [3.05, 3.63) is 65.0 Å². The van der Waals surface area contributed by atoms with E-state index in [0.717, 1.165) is 24.4 Å². The molecule has 0 saturated heterocycles. The predicted octanol–water partition coefficient (Wildman–Crippen LogP) is 3.67. The highest BCUT2D eigenvalue weighted by molar-refractivity contribution is 5.20. The van der Waals surface area contributed by atoms with Crippen LogP contribution in [-0.4, -0.2) is 4.98 Å². The molecule has 0 aliphatic rings. The number of nitrogens with one attached hydrogen (secondary N) is 1. The minimum atomic E-state index is -4.44. The second-order valence-corrected chi connectivity index (χ2v) is 4.34. The largest absolute Gasteiger partial charge is 0.417 e. The van der Waals surface area contributed by atoms with Crippen molar-refractivity contribution in [3.8, 4) is 0 Å². The zero-order chi connectivity index (χ0) is 15.5. The molecule has 2 rings (SSSR count). The van der Waals surface area contributed by atoms with Gasteiger partial charge in [-0.15, -0.1) is 0 Å². The Hall–Kier alpha value is -2.02. The summed E-state index contributed by atoms with van der Waals surface area (Å²) in [5.74, 6) is -1.36. The van der Waals surface area contributed by atoms with Crippen LogP contribution in [0.3, 0.4) is 0 Å². The Bertz CT molecular complexity index is 588. The summed E-state index contributed by atoms with van der Waals surface area (Å²) in [5.41, 5.74) is -0.615. The summed E-state index contributed by atoms with van der Waals surface area (Å²) < 4.78 is 63.7. The molecule has 2 nitrogen and oxygen atoms in total. The lowest BCUT2D eigenvalue weighted by atomic mass is 10.2. The molecule has 1 aromatic carbocycles. The van der Waals surface area contributed by atoms with Crippen molar-refractivity contribution in [3.63, 3.8) is 0 Å².